The number of carbonyl (C=O) groups is 1. The average molecular weight is 269 g/mol. The van der Waals surface area contributed by atoms with Gasteiger partial charge in [-0.25, -0.2) is 4.79 Å². The highest BCUT2D eigenvalue weighted by Crippen LogP contribution is 2.31. The van der Waals surface area contributed by atoms with Crippen LogP contribution in [0.1, 0.15) is 22.8 Å². The van der Waals surface area contributed by atoms with E-state index >= 15 is 0 Å². The molecule has 0 saturated carbocycles. The summed E-state index contributed by atoms with van der Waals surface area (Å²) in [5.41, 5.74) is 1.75. The van der Waals surface area contributed by atoms with Gasteiger partial charge in [0.2, 0.25) is 0 Å². The third-order valence-corrected chi connectivity index (χ3v) is 2.74. The molecule has 0 unspecified atom stereocenters. The molecule has 0 spiro atoms. The maximum atomic E-state index is 11.3. The fourth-order valence-electron chi connectivity index (χ4n) is 1.90. The van der Waals surface area contributed by atoms with E-state index < -0.39 is 5.97 Å². The zero-order chi connectivity index (χ0) is 14.4. The fraction of sp³-hybridized carbons (Fsp3) is 0.125. The van der Waals surface area contributed by atoms with Crippen molar-refractivity contribution in [3.8, 4) is 5.75 Å². The minimum atomic E-state index is -1.00. The highest BCUT2D eigenvalue weighted by molar-refractivity contribution is 5.94. The van der Waals surface area contributed by atoms with Gasteiger partial charge >= 0.3 is 5.97 Å². The van der Waals surface area contributed by atoms with Crippen molar-refractivity contribution in [3.05, 3.63) is 59.8 Å². The Bertz CT molecular complexity index is 625. The zero-order valence-corrected chi connectivity index (χ0v) is 11.1. The van der Waals surface area contributed by atoms with Gasteiger partial charge in [0.25, 0.3) is 0 Å². The molecular weight excluding hydrogens is 254 g/mol. The molecule has 0 aliphatic carbocycles. The summed E-state index contributed by atoms with van der Waals surface area (Å²) >= 11 is 0. The van der Waals surface area contributed by atoms with Gasteiger partial charge in [0.15, 0.2) is 0 Å². The summed E-state index contributed by atoms with van der Waals surface area (Å²) in [5.74, 6) is -0.615. The summed E-state index contributed by atoms with van der Waals surface area (Å²) in [7, 11) is 0. The summed E-state index contributed by atoms with van der Waals surface area (Å²) in [6, 6.07) is 5.09. The molecule has 0 saturated heterocycles. The summed E-state index contributed by atoms with van der Waals surface area (Å²) in [6.07, 6.45) is 10.7. The van der Waals surface area contributed by atoms with E-state index in [-0.39, 0.29) is 5.56 Å². The number of allylic oxidation sites excluding steroid dienone is 5. The van der Waals surface area contributed by atoms with Crippen molar-refractivity contribution in [1.29, 1.82) is 0 Å². The fourth-order valence-corrected chi connectivity index (χ4v) is 1.90. The third-order valence-electron chi connectivity index (χ3n) is 2.74. The van der Waals surface area contributed by atoms with E-state index in [0.717, 1.165) is 11.1 Å². The Morgan fingerprint density at radius 2 is 2.20 bits per heavy atom. The molecule has 0 aromatic heterocycles. The van der Waals surface area contributed by atoms with E-state index in [4.69, 9.17) is 4.74 Å². The van der Waals surface area contributed by atoms with Gasteiger partial charge in [-0.05, 0) is 30.7 Å². The van der Waals surface area contributed by atoms with E-state index in [1.165, 1.54) is 6.07 Å². The SMILES string of the molecule is CCOc1c(C(=O)O)cccc1C1=CC=CC=NC=C1. The molecule has 2 rings (SSSR count). The van der Waals surface area contributed by atoms with Crippen LogP contribution in [-0.4, -0.2) is 23.9 Å². The van der Waals surface area contributed by atoms with Gasteiger partial charge in [0, 0.05) is 18.0 Å². The Labute approximate surface area is 117 Å². The molecule has 1 aliphatic rings. The van der Waals surface area contributed by atoms with E-state index in [0.29, 0.717) is 12.4 Å². The van der Waals surface area contributed by atoms with Crippen LogP contribution < -0.4 is 4.74 Å². The zero-order valence-electron chi connectivity index (χ0n) is 11.1. The second kappa shape index (κ2) is 6.52. The summed E-state index contributed by atoms with van der Waals surface area (Å²) in [5, 5.41) is 9.26. The van der Waals surface area contributed by atoms with Gasteiger partial charge in [-0.3, -0.25) is 4.99 Å². The van der Waals surface area contributed by atoms with Gasteiger partial charge in [-0.1, -0.05) is 24.3 Å². The van der Waals surface area contributed by atoms with E-state index in [1.807, 2.05) is 37.3 Å². The lowest BCUT2D eigenvalue weighted by Crippen LogP contribution is -2.05. The molecule has 1 N–H and O–H groups in total. The van der Waals surface area contributed by atoms with Crippen LogP contribution in [0.25, 0.3) is 5.57 Å². The summed E-state index contributed by atoms with van der Waals surface area (Å²) in [4.78, 5) is 15.3. The van der Waals surface area contributed by atoms with Crippen LogP contribution in [0.2, 0.25) is 0 Å². The lowest BCUT2D eigenvalue weighted by atomic mass is 10.0. The standard InChI is InChI=1S/C16H15NO3/c1-2-20-15-13(7-5-8-14(15)16(18)19)12-6-3-4-10-17-11-9-12/h3-11H,2H2,1H3,(H,18,19). The monoisotopic (exact) mass is 269 g/mol. The van der Waals surface area contributed by atoms with Crippen molar-refractivity contribution in [2.75, 3.05) is 6.61 Å². The molecule has 1 aromatic carbocycles. The molecule has 0 bridgehead atoms. The van der Waals surface area contributed by atoms with Crippen molar-refractivity contribution in [3.63, 3.8) is 0 Å². The quantitative estimate of drug-likeness (QED) is 0.912. The number of carboxylic acids is 1. The minimum absolute atomic E-state index is 0.160. The van der Waals surface area contributed by atoms with Crippen LogP contribution in [0.15, 0.2) is 53.7 Å². The molecule has 1 heterocycles. The van der Waals surface area contributed by atoms with Crippen molar-refractivity contribution in [2.45, 2.75) is 6.92 Å². The lowest BCUT2D eigenvalue weighted by Gasteiger charge is -2.13. The Morgan fingerprint density at radius 3 is 2.95 bits per heavy atom. The first-order chi connectivity index (χ1) is 9.74. The first-order valence-corrected chi connectivity index (χ1v) is 6.30. The summed E-state index contributed by atoms with van der Waals surface area (Å²) in [6.45, 7) is 2.23. The first-order valence-electron chi connectivity index (χ1n) is 6.30. The number of carboxylic acid groups (broad SMARTS) is 1. The van der Waals surface area contributed by atoms with E-state index in [1.54, 1.807) is 18.5 Å². The van der Waals surface area contributed by atoms with Crippen LogP contribution >= 0.6 is 0 Å². The maximum Gasteiger partial charge on any atom is 0.339 e. The van der Waals surface area contributed by atoms with Gasteiger partial charge in [-0.15, -0.1) is 0 Å². The predicted octanol–water partition coefficient (Wildman–Crippen LogP) is 3.32. The molecule has 4 heteroatoms. The number of para-hydroxylation sites is 1. The van der Waals surface area contributed by atoms with Gasteiger partial charge in [0.1, 0.15) is 11.3 Å². The molecule has 0 fully saturated rings. The number of ether oxygens (including phenoxy) is 1. The Morgan fingerprint density at radius 1 is 1.35 bits per heavy atom. The van der Waals surface area contributed by atoms with Crippen LogP contribution in [-0.2, 0) is 0 Å². The number of aromatic carboxylic acids is 1. The number of hydrogen-bond acceptors (Lipinski definition) is 3. The van der Waals surface area contributed by atoms with Crippen LogP contribution in [0, 0.1) is 0 Å². The molecule has 1 aromatic rings. The maximum absolute atomic E-state index is 11.3. The molecular formula is C16H15NO3. The van der Waals surface area contributed by atoms with Crippen LogP contribution in [0.4, 0.5) is 0 Å². The van der Waals surface area contributed by atoms with Gasteiger partial charge in [0.05, 0.1) is 6.61 Å². The van der Waals surface area contributed by atoms with Crippen molar-refractivity contribution in [1.82, 2.24) is 0 Å². The second-order valence-corrected chi connectivity index (χ2v) is 4.04. The minimum Gasteiger partial charge on any atom is -0.492 e. The average Bonchev–Trinajstić information content (AvgIpc) is 2.39. The normalized spacial score (nSPS) is 13.6. The van der Waals surface area contributed by atoms with Gasteiger partial charge in [-0.2, -0.15) is 0 Å². The topological polar surface area (TPSA) is 58.9 Å². The van der Waals surface area contributed by atoms with Crippen LogP contribution in [0.5, 0.6) is 5.75 Å². The lowest BCUT2D eigenvalue weighted by molar-refractivity contribution is 0.0692. The molecule has 0 radical (unpaired) electrons. The van der Waals surface area contributed by atoms with E-state index in [9.17, 15) is 9.90 Å². The number of aliphatic imine (C=N–C) groups is 1. The van der Waals surface area contributed by atoms with Crippen molar-refractivity contribution < 1.29 is 14.6 Å². The summed E-state index contributed by atoms with van der Waals surface area (Å²) < 4.78 is 5.54. The van der Waals surface area contributed by atoms with E-state index in [2.05, 4.69) is 4.99 Å². The molecule has 102 valence electrons. The molecule has 0 atom stereocenters. The third kappa shape index (κ3) is 3.03. The largest absolute Gasteiger partial charge is 0.492 e. The second-order valence-electron chi connectivity index (χ2n) is 4.04. The first kappa shape index (κ1) is 13.8. The predicted molar refractivity (Wildman–Crippen MR) is 79.3 cm³/mol. The molecule has 0 amide bonds. The van der Waals surface area contributed by atoms with Gasteiger partial charge < -0.3 is 9.84 Å². The Balaban J connectivity index is 2.55. The number of hydrogen-bond donors (Lipinski definition) is 1. The smallest absolute Gasteiger partial charge is 0.339 e. The van der Waals surface area contributed by atoms with Crippen molar-refractivity contribution >= 4 is 17.8 Å². The van der Waals surface area contributed by atoms with Crippen LogP contribution in [0.3, 0.4) is 0 Å². The Kier molecular flexibility index (Phi) is 4.50. The highest BCUT2D eigenvalue weighted by atomic mass is 16.5. The molecule has 20 heavy (non-hydrogen) atoms. The molecule has 1 aliphatic heterocycles. The molecule has 4 nitrogen and oxygen atoms in total. The number of rotatable bonds is 4. The number of benzene rings is 1. The van der Waals surface area contributed by atoms with Crippen molar-refractivity contribution in [2.24, 2.45) is 4.99 Å². The number of nitrogens with zero attached hydrogens (tertiary/aromatic N) is 1. The Hall–Kier alpha value is -2.62. The highest BCUT2D eigenvalue weighted by Gasteiger charge is 2.16.